The van der Waals surface area contributed by atoms with E-state index in [0.29, 0.717) is 25.7 Å². The predicted molar refractivity (Wildman–Crippen MR) is 409 cm³/mol. The van der Waals surface area contributed by atoms with Crippen molar-refractivity contribution in [1.29, 1.82) is 0 Å². The lowest BCUT2D eigenvalue weighted by Crippen LogP contribution is -2.30. The number of aliphatic hydroxyl groups is 1. The zero-order chi connectivity index (χ0) is 73.2. The standard InChI is InChI=1S/C81H152O17P2/c1-5-9-13-17-21-25-29-33-37-41-45-49-53-57-61-65-78(83)91-71-76(97-80(85)67-63-59-55-51-47-43-39-35-31-27-23-19-15-11-7-3)73-95-99(87,88)93-69-75(82)70-94-100(89,90)96-74-77(98-81(86)68-64-60-56-52-48-44-40-36-32-28-24-20-16-12-8-4)72-92-79(84)66-62-58-54-50-46-42-38-34-30-26-22-18-14-10-6-2/h25,28-29,32,35,39,75-77,82H,5-24,26-27,30-31,33-34,36-38,40-74H2,1-4H3,(H,87,88)(H,89,90)/b29-25-,32-28-,39-35-/t75-,76-,77-/m1/s1. The van der Waals surface area contributed by atoms with E-state index in [-0.39, 0.29) is 25.7 Å². The van der Waals surface area contributed by atoms with E-state index in [2.05, 4.69) is 64.2 Å². The van der Waals surface area contributed by atoms with Gasteiger partial charge in [-0.25, -0.2) is 9.13 Å². The van der Waals surface area contributed by atoms with Crippen LogP contribution in [0, 0.1) is 0 Å². The summed E-state index contributed by atoms with van der Waals surface area (Å²) in [4.78, 5) is 73.0. The van der Waals surface area contributed by atoms with E-state index >= 15 is 0 Å². The molecule has 0 radical (unpaired) electrons. The molecule has 19 heteroatoms. The Bertz CT molecular complexity index is 2040. The highest BCUT2D eigenvalue weighted by atomic mass is 31.2. The minimum atomic E-state index is -4.97. The summed E-state index contributed by atoms with van der Waals surface area (Å²) < 4.78 is 68.7. The Kier molecular flexibility index (Phi) is 72.5. The molecule has 0 saturated heterocycles. The molecule has 0 aliphatic heterocycles. The van der Waals surface area contributed by atoms with Gasteiger partial charge in [-0.15, -0.1) is 0 Å². The summed E-state index contributed by atoms with van der Waals surface area (Å²) in [6, 6.07) is 0. The van der Waals surface area contributed by atoms with Gasteiger partial charge in [0.1, 0.15) is 19.3 Å². The highest BCUT2D eigenvalue weighted by Crippen LogP contribution is 2.45. The fourth-order valence-corrected chi connectivity index (χ4v) is 13.3. The summed E-state index contributed by atoms with van der Waals surface area (Å²) in [6.45, 7) is 4.93. The molecule has 0 heterocycles. The highest BCUT2D eigenvalue weighted by molar-refractivity contribution is 7.47. The molecule has 2 unspecified atom stereocenters. The van der Waals surface area contributed by atoms with Gasteiger partial charge in [0.15, 0.2) is 12.2 Å². The van der Waals surface area contributed by atoms with Crippen molar-refractivity contribution in [2.45, 2.75) is 418 Å². The predicted octanol–water partition coefficient (Wildman–Crippen LogP) is 23.9. The zero-order valence-electron chi connectivity index (χ0n) is 64.4. The summed E-state index contributed by atoms with van der Waals surface area (Å²) >= 11 is 0. The Balaban J connectivity index is 5.32. The first kappa shape index (κ1) is 97.3. The Hall–Kier alpha value is -2.72. The summed E-state index contributed by atoms with van der Waals surface area (Å²) in [6.07, 6.45) is 71.1. The van der Waals surface area contributed by atoms with Gasteiger partial charge < -0.3 is 33.8 Å². The first-order valence-corrected chi connectivity index (χ1v) is 44.2. The number of aliphatic hydroxyl groups excluding tert-OH is 1. The molecule has 0 aromatic rings. The third-order valence-corrected chi connectivity index (χ3v) is 20.0. The molecule has 3 N–H and O–H groups in total. The summed E-state index contributed by atoms with van der Waals surface area (Å²) in [7, 11) is -9.94. The Morgan fingerprint density at radius 3 is 0.700 bits per heavy atom. The first-order chi connectivity index (χ1) is 48.7. The first-order valence-electron chi connectivity index (χ1n) is 41.2. The van der Waals surface area contributed by atoms with Crippen LogP contribution in [0.1, 0.15) is 400 Å². The molecule has 0 aromatic carbocycles. The van der Waals surface area contributed by atoms with E-state index < -0.39 is 97.5 Å². The van der Waals surface area contributed by atoms with Gasteiger partial charge in [0, 0.05) is 25.7 Å². The lowest BCUT2D eigenvalue weighted by molar-refractivity contribution is -0.161. The molecule has 0 bridgehead atoms. The van der Waals surface area contributed by atoms with Crippen molar-refractivity contribution in [3.8, 4) is 0 Å². The number of phosphoric acid groups is 2. The minimum Gasteiger partial charge on any atom is -0.462 e. The van der Waals surface area contributed by atoms with Crippen molar-refractivity contribution < 1.29 is 80.2 Å². The van der Waals surface area contributed by atoms with Crippen LogP contribution < -0.4 is 0 Å². The van der Waals surface area contributed by atoms with Crippen LogP contribution in [0.25, 0.3) is 0 Å². The van der Waals surface area contributed by atoms with Crippen LogP contribution in [-0.2, 0) is 65.4 Å². The quantitative estimate of drug-likeness (QED) is 0.0169. The lowest BCUT2D eigenvalue weighted by atomic mass is 10.0. The average molecular weight is 1460 g/mol. The molecule has 0 aliphatic carbocycles. The van der Waals surface area contributed by atoms with Gasteiger partial charge in [0.25, 0.3) is 0 Å². The van der Waals surface area contributed by atoms with Crippen LogP contribution in [0.4, 0.5) is 0 Å². The number of carbonyl (C=O) groups excluding carboxylic acids is 4. The normalized spacial score (nSPS) is 14.0. The fourth-order valence-electron chi connectivity index (χ4n) is 11.7. The lowest BCUT2D eigenvalue weighted by Gasteiger charge is -2.21. The maximum atomic E-state index is 13.1. The van der Waals surface area contributed by atoms with Crippen LogP contribution in [0.15, 0.2) is 36.5 Å². The number of esters is 4. The van der Waals surface area contributed by atoms with Crippen molar-refractivity contribution in [2.75, 3.05) is 39.6 Å². The Labute approximate surface area is 611 Å². The average Bonchev–Trinajstić information content (AvgIpc) is 1.01. The van der Waals surface area contributed by atoms with E-state index in [0.717, 1.165) is 148 Å². The molecule has 0 spiro atoms. The number of allylic oxidation sites excluding steroid dienone is 6. The number of ether oxygens (including phenoxy) is 4. The third-order valence-electron chi connectivity index (χ3n) is 18.1. The molecule has 5 atom stereocenters. The zero-order valence-corrected chi connectivity index (χ0v) is 66.2. The second-order valence-electron chi connectivity index (χ2n) is 28.1. The molecule has 100 heavy (non-hydrogen) atoms. The highest BCUT2D eigenvalue weighted by Gasteiger charge is 2.30. The van der Waals surface area contributed by atoms with Gasteiger partial charge >= 0.3 is 39.5 Å². The largest absolute Gasteiger partial charge is 0.472 e. The number of phosphoric ester groups is 2. The summed E-state index contributed by atoms with van der Waals surface area (Å²) in [5.41, 5.74) is 0. The molecule has 17 nitrogen and oxygen atoms in total. The number of unbranched alkanes of at least 4 members (excludes halogenated alkanes) is 47. The van der Waals surface area contributed by atoms with Crippen molar-refractivity contribution in [1.82, 2.24) is 0 Å². The van der Waals surface area contributed by atoms with Crippen molar-refractivity contribution >= 4 is 39.5 Å². The topological polar surface area (TPSA) is 237 Å². The van der Waals surface area contributed by atoms with Gasteiger partial charge in [0.05, 0.1) is 26.4 Å². The number of hydrogen-bond acceptors (Lipinski definition) is 15. The molecular weight excluding hydrogens is 1310 g/mol. The fraction of sp³-hybridized carbons (Fsp3) is 0.877. The van der Waals surface area contributed by atoms with Crippen LogP contribution >= 0.6 is 15.6 Å². The Morgan fingerprint density at radius 1 is 0.270 bits per heavy atom. The van der Waals surface area contributed by atoms with Crippen LogP contribution in [0.5, 0.6) is 0 Å². The van der Waals surface area contributed by atoms with E-state index in [9.17, 15) is 43.2 Å². The number of rotatable bonds is 79. The van der Waals surface area contributed by atoms with E-state index in [1.807, 2.05) is 0 Å². The van der Waals surface area contributed by atoms with Gasteiger partial charge in [-0.2, -0.15) is 0 Å². The smallest absolute Gasteiger partial charge is 0.462 e. The van der Waals surface area contributed by atoms with Crippen LogP contribution in [0.2, 0.25) is 0 Å². The second-order valence-corrected chi connectivity index (χ2v) is 31.0. The van der Waals surface area contributed by atoms with Crippen molar-refractivity contribution in [2.24, 2.45) is 0 Å². The van der Waals surface area contributed by atoms with Crippen molar-refractivity contribution in [3.05, 3.63) is 36.5 Å². The molecule has 0 rings (SSSR count). The van der Waals surface area contributed by atoms with E-state index in [1.165, 1.54) is 173 Å². The molecule has 0 fully saturated rings. The SMILES string of the molecule is CCCCCC/C=C\CCCCCCCCCC(=O)OC[C@H](COP(=O)(O)OC[C@@H](O)COP(=O)(O)OC[C@@H](COC(=O)CCCCCCCCCCCCCCCCC)OC(=O)CCCCCCCCC/C=C\CCCCCC)OC(=O)CCCCCCC/C=C\CCCCCCCC. The molecule has 0 aliphatic rings. The molecule has 0 aromatic heterocycles. The van der Waals surface area contributed by atoms with E-state index in [1.54, 1.807) is 0 Å². The summed E-state index contributed by atoms with van der Waals surface area (Å²) in [5.74, 6) is -2.15. The van der Waals surface area contributed by atoms with Crippen LogP contribution in [-0.4, -0.2) is 96.7 Å². The Morgan fingerprint density at radius 2 is 0.460 bits per heavy atom. The maximum absolute atomic E-state index is 13.1. The minimum absolute atomic E-state index is 0.0908. The van der Waals surface area contributed by atoms with Gasteiger partial charge in [-0.05, 0) is 103 Å². The summed E-state index contributed by atoms with van der Waals surface area (Å²) in [5, 5.41) is 10.6. The molecule has 0 saturated carbocycles. The molecular formula is C81H152O17P2. The van der Waals surface area contributed by atoms with Gasteiger partial charge in [-0.1, -0.05) is 308 Å². The molecule has 0 amide bonds. The maximum Gasteiger partial charge on any atom is 0.472 e. The monoisotopic (exact) mass is 1460 g/mol. The third kappa shape index (κ3) is 73.6. The number of hydrogen-bond donors (Lipinski definition) is 3. The molecule has 588 valence electrons. The number of carbonyl (C=O) groups is 4. The van der Waals surface area contributed by atoms with Gasteiger partial charge in [-0.3, -0.25) is 37.3 Å². The van der Waals surface area contributed by atoms with Crippen LogP contribution in [0.3, 0.4) is 0 Å². The second kappa shape index (κ2) is 74.5. The van der Waals surface area contributed by atoms with E-state index in [4.69, 9.17) is 37.0 Å². The van der Waals surface area contributed by atoms with Crippen molar-refractivity contribution in [3.63, 3.8) is 0 Å². The van der Waals surface area contributed by atoms with Gasteiger partial charge in [0.2, 0.25) is 0 Å².